The molecule has 0 heterocycles. The van der Waals surface area contributed by atoms with E-state index in [2.05, 4.69) is 4.72 Å². The van der Waals surface area contributed by atoms with Crippen molar-refractivity contribution in [2.24, 2.45) is 16.7 Å². The van der Waals surface area contributed by atoms with Gasteiger partial charge in [-0.3, -0.25) is 9.52 Å². The molecule has 0 aromatic heterocycles. The maximum Gasteiger partial charge on any atom is 0.233 e. The van der Waals surface area contributed by atoms with Gasteiger partial charge in [0.1, 0.15) is 11.5 Å². The molecule has 0 amide bonds. The standard InChI is InChI=1S/C17H23NO4S/c1-16(2)12-8-9-17(16,15(19)10-12)11-23(20,21)18-13-4-6-14(22-3)7-5-13/h4-7,12,18H,8-11H2,1-3H3/t12-,17+/m1/s1. The molecule has 2 saturated carbocycles. The number of rotatable bonds is 5. The lowest BCUT2D eigenvalue weighted by atomic mass is 9.70. The monoisotopic (exact) mass is 337 g/mol. The summed E-state index contributed by atoms with van der Waals surface area (Å²) in [6.07, 6.45) is 2.13. The van der Waals surface area contributed by atoms with E-state index in [4.69, 9.17) is 4.74 Å². The summed E-state index contributed by atoms with van der Waals surface area (Å²) in [4.78, 5) is 12.5. The molecule has 6 heteroatoms. The minimum absolute atomic E-state index is 0.110. The van der Waals surface area contributed by atoms with Gasteiger partial charge in [-0.15, -0.1) is 0 Å². The number of nitrogens with one attached hydrogen (secondary N) is 1. The SMILES string of the molecule is COc1ccc(NS(=O)(=O)C[C@@]23CC[C@H](CC2=O)C3(C)C)cc1. The van der Waals surface area contributed by atoms with E-state index in [1.807, 2.05) is 13.8 Å². The highest BCUT2D eigenvalue weighted by Gasteiger charge is 2.65. The zero-order chi connectivity index (χ0) is 16.9. The summed E-state index contributed by atoms with van der Waals surface area (Å²) in [6.45, 7) is 4.08. The van der Waals surface area contributed by atoms with Gasteiger partial charge in [0.2, 0.25) is 10.0 Å². The highest BCUT2D eigenvalue weighted by molar-refractivity contribution is 7.92. The van der Waals surface area contributed by atoms with E-state index in [1.54, 1.807) is 31.4 Å². The summed E-state index contributed by atoms with van der Waals surface area (Å²) >= 11 is 0. The number of Topliss-reactive ketones (excluding diaryl/α,β-unsaturated/α-hetero) is 1. The van der Waals surface area contributed by atoms with Gasteiger partial charge in [0, 0.05) is 12.1 Å². The molecule has 2 aliphatic rings. The lowest BCUT2D eigenvalue weighted by molar-refractivity contribution is -0.128. The zero-order valence-electron chi connectivity index (χ0n) is 13.8. The Morgan fingerprint density at radius 1 is 1.26 bits per heavy atom. The van der Waals surface area contributed by atoms with Crippen LogP contribution in [0.1, 0.15) is 33.1 Å². The minimum Gasteiger partial charge on any atom is -0.497 e. The van der Waals surface area contributed by atoms with Crippen molar-refractivity contribution < 1.29 is 17.9 Å². The summed E-state index contributed by atoms with van der Waals surface area (Å²) < 4.78 is 32.9. The Morgan fingerprint density at radius 3 is 2.39 bits per heavy atom. The van der Waals surface area contributed by atoms with Crippen molar-refractivity contribution in [3.8, 4) is 5.75 Å². The molecule has 1 N–H and O–H groups in total. The first kappa shape index (κ1) is 16.3. The fourth-order valence-electron chi connectivity index (χ4n) is 4.31. The molecule has 2 aliphatic carbocycles. The minimum atomic E-state index is -3.60. The number of ether oxygens (including phenoxy) is 1. The van der Waals surface area contributed by atoms with Gasteiger partial charge in [-0.05, 0) is 48.4 Å². The highest BCUT2D eigenvalue weighted by atomic mass is 32.2. The van der Waals surface area contributed by atoms with E-state index >= 15 is 0 Å². The van der Waals surface area contributed by atoms with Gasteiger partial charge in [-0.25, -0.2) is 8.42 Å². The first-order valence-corrected chi connectivity index (χ1v) is 9.53. The van der Waals surface area contributed by atoms with Gasteiger partial charge in [0.15, 0.2) is 0 Å². The first-order valence-electron chi connectivity index (χ1n) is 7.88. The maximum atomic E-state index is 12.6. The predicted octanol–water partition coefficient (Wildman–Crippen LogP) is 2.83. The number of methoxy groups -OCH3 is 1. The zero-order valence-corrected chi connectivity index (χ0v) is 14.6. The number of carbonyl (C=O) groups excluding carboxylic acids is 1. The molecule has 2 fully saturated rings. The third-order valence-corrected chi connectivity index (χ3v) is 7.36. The molecule has 23 heavy (non-hydrogen) atoms. The Kier molecular flexibility index (Phi) is 3.71. The lowest BCUT2D eigenvalue weighted by Gasteiger charge is -2.36. The Labute approximate surface area is 137 Å². The summed E-state index contributed by atoms with van der Waals surface area (Å²) in [7, 11) is -2.04. The van der Waals surface area contributed by atoms with Crippen molar-refractivity contribution in [2.45, 2.75) is 33.1 Å². The van der Waals surface area contributed by atoms with Crippen LogP contribution in [0.25, 0.3) is 0 Å². The number of fused-ring (bicyclic) bond motifs is 2. The summed E-state index contributed by atoms with van der Waals surface area (Å²) in [6, 6.07) is 6.72. The lowest BCUT2D eigenvalue weighted by Crippen LogP contribution is -2.43. The molecule has 0 saturated heterocycles. The fraction of sp³-hybridized carbons (Fsp3) is 0.588. The van der Waals surface area contributed by atoms with Crippen molar-refractivity contribution in [2.75, 3.05) is 17.6 Å². The van der Waals surface area contributed by atoms with Crippen LogP contribution in [0, 0.1) is 16.7 Å². The van der Waals surface area contributed by atoms with Gasteiger partial charge >= 0.3 is 0 Å². The van der Waals surface area contributed by atoms with Crippen LogP contribution in [-0.2, 0) is 14.8 Å². The average molecular weight is 337 g/mol. The molecule has 2 bridgehead atoms. The molecule has 3 rings (SSSR count). The van der Waals surface area contributed by atoms with Gasteiger partial charge < -0.3 is 4.74 Å². The number of benzene rings is 1. The molecule has 5 nitrogen and oxygen atoms in total. The second-order valence-electron chi connectivity index (χ2n) is 7.26. The quantitative estimate of drug-likeness (QED) is 0.897. The van der Waals surface area contributed by atoms with Crippen LogP contribution in [0.3, 0.4) is 0 Å². The number of anilines is 1. The third kappa shape index (κ3) is 2.53. The van der Waals surface area contributed by atoms with Crippen LogP contribution in [0.4, 0.5) is 5.69 Å². The normalized spacial score (nSPS) is 28.8. The van der Waals surface area contributed by atoms with Crippen LogP contribution < -0.4 is 9.46 Å². The summed E-state index contributed by atoms with van der Waals surface area (Å²) in [5.74, 6) is 0.955. The van der Waals surface area contributed by atoms with E-state index in [9.17, 15) is 13.2 Å². The maximum absolute atomic E-state index is 12.6. The van der Waals surface area contributed by atoms with Crippen LogP contribution in [0.2, 0.25) is 0 Å². The Morgan fingerprint density at radius 2 is 1.91 bits per heavy atom. The average Bonchev–Trinajstić information content (AvgIpc) is 2.81. The van der Waals surface area contributed by atoms with Gasteiger partial charge in [0.05, 0.1) is 18.3 Å². The molecule has 0 spiro atoms. The molecule has 0 unspecified atom stereocenters. The number of carbonyl (C=O) groups is 1. The number of ketones is 1. The van der Waals surface area contributed by atoms with Crippen molar-refractivity contribution >= 4 is 21.5 Å². The van der Waals surface area contributed by atoms with E-state index in [0.717, 1.165) is 6.42 Å². The van der Waals surface area contributed by atoms with Crippen LogP contribution in [0.5, 0.6) is 5.75 Å². The number of hydrogen-bond donors (Lipinski definition) is 1. The fourth-order valence-corrected chi connectivity index (χ4v) is 6.20. The number of hydrogen-bond acceptors (Lipinski definition) is 4. The smallest absolute Gasteiger partial charge is 0.233 e. The second-order valence-corrected chi connectivity index (χ2v) is 8.98. The predicted molar refractivity (Wildman–Crippen MR) is 89.0 cm³/mol. The van der Waals surface area contributed by atoms with Gasteiger partial charge in [-0.1, -0.05) is 13.8 Å². The first-order chi connectivity index (χ1) is 10.7. The number of sulfonamides is 1. The van der Waals surface area contributed by atoms with E-state index in [1.165, 1.54) is 0 Å². The van der Waals surface area contributed by atoms with Crippen LogP contribution >= 0.6 is 0 Å². The van der Waals surface area contributed by atoms with E-state index in [0.29, 0.717) is 30.2 Å². The van der Waals surface area contributed by atoms with Gasteiger partial charge in [-0.2, -0.15) is 0 Å². The molecular formula is C17H23NO4S. The molecule has 0 aliphatic heterocycles. The summed E-state index contributed by atoms with van der Waals surface area (Å²) in [5, 5.41) is 0. The topological polar surface area (TPSA) is 72.5 Å². The van der Waals surface area contributed by atoms with Crippen molar-refractivity contribution in [3.05, 3.63) is 24.3 Å². The molecule has 126 valence electrons. The van der Waals surface area contributed by atoms with Crippen molar-refractivity contribution in [1.82, 2.24) is 0 Å². The second kappa shape index (κ2) is 5.23. The highest BCUT2D eigenvalue weighted by Crippen LogP contribution is 2.64. The third-order valence-electron chi connectivity index (χ3n) is 5.94. The molecule has 0 radical (unpaired) electrons. The molecule has 1 aromatic carbocycles. The largest absolute Gasteiger partial charge is 0.497 e. The van der Waals surface area contributed by atoms with Crippen molar-refractivity contribution in [1.29, 1.82) is 0 Å². The molecule has 1 aromatic rings. The molecular weight excluding hydrogens is 314 g/mol. The Balaban J connectivity index is 1.82. The Hall–Kier alpha value is -1.56. The van der Waals surface area contributed by atoms with E-state index in [-0.39, 0.29) is 17.0 Å². The van der Waals surface area contributed by atoms with Crippen molar-refractivity contribution in [3.63, 3.8) is 0 Å². The van der Waals surface area contributed by atoms with Crippen LogP contribution in [0.15, 0.2) is 24.3 Å². The van der Waals surface area contributed by atoms with E-state index < -0.39 is 15.4 Å². The molecule has 2 atom stereocenters. The van der Waals surface area contributed by atoms with Gasteiger partial charge in [0.25, 0.3) is 0 Å². The van der Waals surface area contributed by atoms with Crippen LogP contribution in [-0.4, -0.2) is 27.1 Å². The Bertz CT molecular complexity index is 723. The summed E-state index contributed by atoms with van der Waals surface area (Å²) in [5.41, 5.74) is -0.505.